The second-order valence-electron chi connectivity index (χ2n) is 5.17. The van der Waals surface area contributed by atoms with E-state index >= 15 is 0 Å². The van der Waals surface area contributed by atoms with Crippen LogP contribution in [0.15, 0.2) is 28.1 Å². The monoisotopic (exact) mass is 349 g/mol. The summed E-state index contributed by atoms with van der Waals surface area (Å²) in [5, 5.41) is 5.05. The zero-order valence-corrected chi connectivity index (χ0v) is 13.7. The lowest BCUT2D eigenvalue weighted by molar-refractivity contribution is 0.102. The van der Waals surface area contributed by atoms with Crippen LogP contribution >= 0.6 is 27.3 Å². The van der Waals surface area contributed by atoms with Crippen LogP contribution in [0, 0.1) is 6.92 Å². The van der Waals surface area contributed by atoms with E-state index in [1.807, 2.05) is 30.5 Å². The average Bonchev–Trinajstić information content (AvgIpc) is 2.86. The molecule has 1 aromatic carbocycles. The molecule has 0 unspecified atom stereocenters. The molecule has 1 N–H and O–H groups in total. The van der Waals surface area contributed by atoms with Crippen molar-refractivity contribution in [1.29, 1.82) is 0 Å². The number of anilines is 1. The van der Waals surface area contributed by atoms with Crippen molar-refractivity contribution in [2.75, 3.05) is 5.32 Å². The minimum Gasteiger partial charge on any atom is -0.322 e. The van der Waals surface area contributed by atoms with E-state index in [1.54, 1.807) is 11.3 Å². The summed E-state index contributed by atoms with van der Waals surface area (Å²) in [5.41, 5.74) is 4.09. The van der Waals surface area contributed by atoms with Gasteiger partial charge in [0.1, 0.15) is 0 Å². The van der Waals surface area contributed by atoms with Gasteiger partial charge >= 0.3 is 0 Å². The van der Waals surface area contributed by atoms with E-state index in [0.717, 1.165) is 34.1 Å². The number of hydrogen-bond acceptors (Lipinski definition) is 2. The van der Waals surface area contributed by atoms with E-state index < -0.39 is 0 Å². The van der Waals surface area contributed by atoms with Gasteiger partial charge in [0.15, 0.2) is 0 Å². The normalized spacial score (nSPS) is 13.9. The van der Waals surface area contributed by atoms with Crippen LogP contribution in [0.5, 0.6) is 0 Å². The van der Waals surface area contributed by atoms with Gasteiger partial charge in [-0.3, -0.25) is 4.79 Å². The van der Waals surface area contributed by atoms with Crippen LogP contribution in [0.25, 0.3) is 0 Å². The Balaban J connectivity index is 1.84. The molecule has 1 heterocycles. The van der Waals surface area contributed by atoms with Crippen LogP contribution in [0.2, 0.25) is 0 Å². The highest BCUT2D eigenvalue weighted by molar-refractivity contribution is 9.10. The minimum atomic E-state index is 0.0230. The maximum Gasteiger partial charge on any atom is 0.256 e. The van der Waals surface area contributed by atoms with Crippen LogP contribution in [-0.2, 0) is 12.8 Å². The highest BCUT2D eigenvalue weighted by Gasteiger charge is 2.20. The lowest BCUT2D eigenvalue weighted by Crippen LogP contribution is -2.15. The lowest BCUT2D eigenvalue weighted by atomic mass is 9.95. The third-order valence-electron chi connectivity index (χ3n) is 3.74. The number of halogens is 1. The van der Waals surface area contributed by atoms with E-state index in [0.29, 0.717) is 0 Å². The van der Waals surface area contributed by atoms with Crippen molar-refractivity contribution < 1.29 is 4.79 Å². The third kappa shape index (κ3) is 2.67. The predicted molar refractivity (Wildman–Crippen MR) is 87.8 cm³/mol. The molecule has 1 aliphatic rings. The lowest BCUT2D eigenvalue weighted by Gasteiger charge is -2.13. The number of carbonyl (C=O) groups excluding carboxylic acids is 1. The Labute approximate surface area is 131 Å². The summed E-state index contributed by atoms with van der Waals surface area (Å²) in [7, 11) is 0. The number of fused-ring (bicyclic) bond motifs is 1. The molecule has 0 spiro atoms. The third-order valence-corrected chi connectivity index (χ3v) is 5.32. The van der Waals surface area contributed by atoms with Crippen LogP contribution in [0.3, 0.4) is 0 Å². The van der Waals surface area contributed by atoms with Gasteiger partial charge in [0.25, 0.3) is 5.91 Å². The van der Waals surface area contributed by atoms with Crippen molar-refractivity contribution in [2.24, 2.45) is 0 Å². The molecule has 0 bridgehead atoms. The zero-order valence-electron chi connectivity index (χ0n) is 11.3. The number of amides is 1. The van der Waals surface area contributed by atoms with Gasteiger partial charge in [-0.2, -0.15) is 0 Å². The first kappa shape index (κ1) is 13.8. The molecule has 104 valence electrons. The first-order valence-electron chi connectivity index (χ1n) is 6.82. The van der Waals surface area contributed by atoms with Crippen LogP contribution < -0.4 is 5.32 Å². The zero-order chi connectivity index (χ0) is 14.1. The van der Waals surface area contributed by atoms with Crippen molar-refractivity contribution in [3.63, 3.8) is 0 Å². The molecular weight excluding hydrogens is 334 g/mol. The second-order valence-corrected chi connectivity index (χ2v) is 7.05. The number of hydrogen-bond donors (Lipinski definition) is 1. The molecule has 4 heteroatoms. The molecule has 1 aliphatic carbocycles. The second kappa shape index (κ2) is 5.70. The van der Waals surface area contributed by atoms with Crippen molar-refractivity contribution in [3.8, 4) is 0 Å². The summed E-state index contributed by atoms with van der Waals surface area (Å²) in [6.07, 6.45) is 4.62. The van der Waals surface area contributed by atoms with Crippen LogP contribution in [-0.4, -0.2) is 5.91 Å². The molecule has 0 fully saturated rings. The van der Waals surface area contributed by atoms with Crippen molar-refractivity contribution in [3.05, 3.63) is 49.6 Å². The number of aryl methyl sites for hydroxylation is 2. The van der Waals surface area contributed by atoms with Crippen molar-refractivity contribution in [2.45, 2.75) is 32.6 Å². The topological polar surface area (TPSA) is 29.1 Å². The van der Waals surface area contributed by atoms with E-state index in [9.17, 15) is 4.79 Å². The summed E-state index contributed by atoms with van der Waals surface area (Å²) >= 11 is 5.17. The van der Waals surface area contributed by atoms with Gasteiger partial charge in [0.2, 0.25) is 0 Å². The first-order valence-corrected chi connectivity index (χ1v) is 8.49. The predicted octanol–water partition coefficient (Wildman–Crippen LogP) is 4.95. The molecule has 3 rings (SSSR count). The first-order chi connectivity index (χ1) is 9.65. The van der Waals surface area contributed by atoms with Gasteiger partial charge in [-0.05, 0) is 61.9 Å². The number of carbonyl (C=O) groups is 1. The fourth-order valence-electron chi connectivity index (χ4n) is 2.64. The SMILES string of the molecule is Cc1cc(Br)ccc1NC(=O)c1csc2c1CCCC2. The Morgan fingerprint density at radius 1 is 1.30 bits per heavy atom. The van der Waals surface area contributed by atoms with Crippen LogP contribution in [0.4, 0.5) is 5.69 Å². The van der Waals surface area contributed by atoms with Gasteiger partial charge in [-0.25, -0.2) is 0 Å². The van der Waals surface area contributed by atoms with Crippen molar-refractivity contribution >= 4 is 38.9 Å². The summed E-state index contributed by atoms with van der Waals surface area (Å²) in [4.78, 5) is 13.9. The Kier molecular flexibility index (Phi) is 3.94. The largest absolute Gasteiger partial charge is 0.322 e. The smallest absolute Gasteiger partial charge is 0.256 e. The van der Waals surface area contributed by atoms with Crippen molar-refractivity contribution in [1.82, 2.24) is 0 Å². The van der Waals surface area contributed by atoms with E-state index in [1.165, 1.54) is 23.3 Å². The quantitative estimate of drug-likeness (QED) is 0.816. The highest BCUT2D eigenvalue weighted by Crippen LogP contribution is 2.31. The molecule has 20 heavy (non-hydrogen) atoms. The molecule has 1 aromatic heterocycles. The fourth-order valence-corrected chi connectivity index (χ4v) is 4.24. The Hall–Kier alpha value is -1.13. The summed E-state index contributed by atoms with van der Waals surface area (Å²) in [5.74, 6) is 0.0230. The summed E-state index contributed by atoms with van der Waals surface area (Å²) in [6.45, 7) is 2.00. The Morgan fingerprint density at radius 3 is 2.90 bits per heavy atom. The average molecular weight is 350 g/mol. The molecule has 0 radical (unpaired) electrons. The summed E-state index contributed by atoms with van der Waals surface area (Å²) in [6, 6.07) is 5.90. The number of benzene rings is 1. The van der Waals surface area contributed by atoms with Gasteiger partial charge < -0.3 is 5.32 Å². The van der Waals surface area contributed by atoms with Gasteiger partial charge in [0, 0.05) is 20.4 Å². The van der Waals surface area contributed by atoms with E-state index in [-0.39, 0.29) is 5.91 Å². The molecular formula is C16H16BrNOS. The fraction of sp³-hybridized carbons (Fsp3) is 0.312. The maximum absolute atomic E-state index is 12.5. The highest BCUT2D eigenvalue weighted by atomic mass is 79.9. The number of nitrogens with one attached hydrogen (secondary N) is 1. The Bertz CT molecular complexity index is 662. The van der Waals surface area contributed by atoms with Gasteiger partial charge in [-0.1, -0.05) is 15.9 Å². The standard InChI is InChI=1S/C16H16BrNOS/c1-10-8-11(17)6-7-14(10)18-16(19)13-9-20-15-5-3-2-4-12(13)15/h6-9H,2-5H2,1H3,(H,18,19). The molecule has 1 amide bonds. The minimum absolute atomic E-state index is 0.0230. The number of rotatable bonds is 2. The molecule has 2 aromatic rings. The molecule has 2 nitrogen and oxygen atoms in total. The van der Waals surface area contributed by atoms with Gasteiger partial charge in [-0.15, -0.1) is 11.3 Å². The molecule has 0 saturated heterocycles. The van der Waals surface area contributed by atoms with E-state index in [4.69, 9.17) is 0 Å². The maximum atomic E-state index is 12.5. The molecule has 0 aliphatic heterocycles. The van der Waals surface area contributed by atoms with Crippen LogP contribution in [0.1, 0.15) is 39.2 Å². The summed E-state index contributed by atoms with van der Waals surface area (Å²) < 4.78 is 1.03. The van der Waals surface area contributed by atoms with E-state index in [2.05, 4.69) is 21.2 Å². The van der Waals surface area contributed by atoms with Gasteiger partial charge in [0.05, 0.1) is 5.56 Å². The molecule has 0 saturated carbocycles. The number of thiophene rings is 1. The molecule has 0 atom stereocenters. The Morgan fingerprint density at radius 2 is 2.10 bits per heavy atom.